The van der Waals surface area contributed by atoms with E-state index in [1.807, 2.05) is 6.07 Å². The van der Waals surface area contributed by atoms with Gasteiger partial charge in [0.05, 0.1) is 0 Å². The molecule has 1 aromatic carbocycles. The summed E-state index contributed by atoms with van der Waals surface area (Å²) in [5.74, 6) is 0.502. The SMILES string of the molecule is Cc1ccc(NC(N)=NCCC2=CCCC2)cc1C.I. The molecule has 3 nitrogen and oxygen atoms in total. The standard InChI is InChI=1S/C16H23N3.HI/c1-12-7-8-15(11-13(12)2)19-16(17)18-10-9-14-5-3-4-6-14;/h5,7-8,11H,3-4,6,9-10H2,1-2H3,(H3,17,18,19);1H. The van der Waals surface area contributed by atoms with Crippen LogP contribution in [0.5, 0.6) is 0 Å². The van der Waals surface area contributed by atoms with E-state index in [0.717, 1.165) is 18.7 Å². The summed E-state index contributed by atoms with van der Waals surface area (Å²) < 4.78 is 0. The number of aliphatic imine (C=N–C) groups is 1. The van der Waals surface area contributed by atoms with Gasteiger partial charge in [-0.15, -0.1) is 24.0 Å². The number of guanidine groups is 1. The normalized spacial score (nSPS) is 14.7. The van der Waals surface area contributed by atoms with Gasteiger partial charge in [0, 0.05) is 12.2 Å². The first-order valence-corrected chi connectivity index (χ1v) is 6.97. The number of allylic oxidation sites excluding steroid dienone is 1. The van der Waals surface area contributed by atoms with Gasteiger partial charge in [-0.05, 0) is 62.8 Å². The molecule has 0 radical (unpaired) electrons. The van der Waals surface area contributed by atoms with Crippen molar-refractivity contribution in [2.45, 2.75) is 39.5 Å². The van der Waals surface area contributed by atoms with E-state index in [4.69, 9.17) is 5.73 Å². The van der Waals surface area contributed by atoms with Gasteiger partial charge in [0.25, 0.3) is 0 Å². The lowest BCUT2D eigenvalue weighted by Crippen LogP contribution is -2.23. The van der Waals surface area contributed by atoms with Gasteiger partial charge in [0.15, 0.2) is 5.96 Å². The average Bonchev–Trinajstić information content (AvgIpc) is 2.87. The Balaban J connectivity index is 0.00000200. The molecule has 0 aromatic heterocycles. The highest BCUT2D eigenvalue weighted by Gasteiger charge is 2.03. The molecule has 0 aliphatic heterocycles. The Morgan fingerprint density at radius 3 is 2.75 bits per heavy atom. The van der Waals surface area contributed by atoms with Crippen LogP contribution < -0.4 is 11.1 Å². The first kappa shape index (κ1) is 17.0. The van der Waals surface area contributed by atoms with Crippen LogP contribution in [-0.2, 0) is 0 Å². The lowest BCUT2D eigenvalue weighted by molar-refractivity contribution is 0.850. The number of halogens is 1. The molecular formula is C16H24IN3. The molecule has 0 fully saturated rings. The van der Waals surface area contributed by atoms with Crippen LogP contribution in [0.1, 0.15) is 36.8 Å². The zero-order valence-electron chi connectivity index (χ0n) is 12.3. The average molecular weight is 385 g/mol. The second-order valence-corrected chi connectivity index (χ2v) is 5.20. The number of hydrogen-bond acceptors (Lipinski definition) is 1. The first-order valence-electron chi connectivity index (χ1n) is 6.97. The van der Waals surface area contributed by atoms with Crippen molar-refractivity contribution in [3.05, 3.63) is 41.0 Å². The van der Waals surface area contributed by atoms with Crippen LogP contribution >= 0.6 is 24.0 Å². The zero-order chi connectivity index (χ0) is 13.7. The fourth-order valence-electron chi connectivity index (χ4n) is 2.29. The summed E-state index contributed by atoms with van der Waals surface area (Å²) in [6, 6.07) is 6.22. The van der Waals surface area contributed by atoms with Crippen LogP contribution in [0.15, 0.2) is 34.8 Å². The Hall–Kier alpha value is -1.04. The first-order chi connectivity index (χ1) is 9.15. The van der Waals surface area contributed by atoms with Crippen molar-refractivity contribution in [1.82, 2.24) is 0 Å². The summed E-state index contributed by atoms with van der Waals surface area (Å²) in [5.41, 5.74) is 11.0. The van der Waals surface area contributed by atoms with Crippen LogP contribution in [0.2, 0.25) is 0 Å². The molecule has 0 saturated heterocycles. The molecule has 1 aliphatic carbocycles. The molecule has 2 rings (SSSR count). The fraction of sp³-hybridized carbons (Fsp3) is 0.438. The Morgan fingerprint density at radius 1 is 1.30 bits per heavy atom. The van der Waals surface area contributed by atoms with Crippen LogP contribution in [0.3, 0.4) is 0 Å². The largest absolute Gasteiger partial charge is 0.370 e. The lowest BCUT2D eigenvalue weighted by Gasteiger charge is -2.08. The number of nitrogens with two attached hydrogens (primary N) is 1. The van der Waals surface area contributed by atoms with Gasteiger partial charge in [0.2, 0.25) is 0 Å². The summed E-state index contributed by atoms with van der Waals surface area (Å²) in [7, 11) is 0. The molecule has 0 atom stereocenters. The van der Waals surface area contributed by atoms with Crippen LogP contribution in [0.4, 0.5) is 5.69 Å². The van der Waals surface area contributed by atoms with E-state index >= 15 is 0 Å². The van der Waals surface area contributed by atoms with E-state index in [0.29, 0.717) is 5.96 Å². The Bertz CT molecular complexity index is 506. The van der Waals surface area contributed by atoms with E-state index in [1.54, 1.807) is 0 Å². The molecule has 4 heteroatoms. The topological polar surface area (TPSA) is 50.4 Å². The van der Waals surface area contributed by atoms with Gasteiger partial charge in [0.1, 0.15) is 0 Å². The third-order valence-electron chi connectivity index (χ3n) is 3.63. The van der Waals surface area contributed by atoms with Crippen LogP contribution in [-0.4, -0.2) is 12.5 Å². The molecule has 0 amide bonds. The summed E-state index contributed by atoms with van der Waals surface area (Å²) in [6.45, 7) is 4.97. The number of aryl methyl sites for hydroxylation is 2. The number of hydrogen-bond donors (Lipinski definition) is 2. The minimum Gasteiger partial charge on any atom is -0.370 e. The number of benzene rings is 1. The monoisotopic (exact) mass is 385 g/mol. The predicted octanol–water partition coefficient (Wildman–Crippen LogP) is 4.15. The number of nitrogens with zero attached hydrogens (tertiary/aromatic N) is 1. The minimum absolute atomic E-state index is 0. The van der Waals surface area contributed by atoms with Gasteiger partial charge in [-0.1, -0.05) is 17.7 Å². The zero-order valence-corrected chi connectivity index (χ0v) is 14.6. The van der Waals surface area contributed by atoms with Gasteiger partial charge in [-0.3, -0.25) is 4.99 Å². The Kier molecular flexibility index (Phi) is 7.05. The molecule has 110 valence electrons. The molecule has 0 heterocycles. The van der Waals surface area contributed by atoms with Crippen LogP contribution in [0, 0.1) is 13.8 Å². The number of nitrogens with one attached hydrogen (secondary N) is 1. The summed E-state index contributed by atoms with van der Waals surface area (Å²) in [5, 5.41) is 3.14. The van der Waals surface area contributed by atoms with Crippen molar-refractivity contribution in [2.24, 2.45) is 10.7 Å². The smallest absolute Gasteiger partial charge is 0.193 e. The maximum Gasteiger partial charge on any atom is 0.193 e. The second kappa shape index (κ2) is 8.29. The maximum absolute atomic E-state index is 5.90. The quantitative estimate of drug-likeness (QED) is 0.354. The van der Waals surface area contributed by atoms with Crippen molar-refractivity contribution in [2.75, 3.05) is 11.9 Å². The third-order valence-corrected chi connectivity index (χ3v) is 3.63. The summed E-state index contributed by atoms with van der Waals surface area (Å²) in [6.07, 6.45) is 7.14. The Morgan fingerprint density at radius 2 is 2.10 bits per heavy atom. The van der Waals surface area contributed by atoms with E-state index in [-0.39, 0.29) is 24.0 Å². The van der Waals surface area contributed by atoms with Crippen molar-refractivity contribution in [3.8, 4) is 0 Å². The predicted molar refractivity (Wildman–Crippen MR) is 98.0 cm³/mol. The third kappa shape index (κ3) is 5.15. The van der Waals surface area contributed by atoms with E-state index in [2.05, 4.69) is 42.4 Å². The molecule has 0 saturated carbocycles. The summed E-state index contributed by atoms with van der Waals surface area (Å²) >= 11 is 0. The van der Waals surface area contributed by atoms with E-state index in [1.165, 1.54) is 36.0 Å². The molecule has 0 spiro atoms. The number of anilines is 1. The van der Waals surface area contributed by atoms with Crippen LogP contribution in [0.25, 0.3) is 0 Å². The highest BCUT2D eigenvalue weighted by molar-refractivity contribution is 14.0. The van der Waals surface area contributed by atoms with Gasteiger partial charge < -0.3 is 11.1 Å². The Labute approximate surface area is 138 Å². The minimum atomic E-state index is 0. The lowest BCUT2D eigenvalue weighted by atomic mass is 10.1. The van der Waals surface area contributed by atoms with Gasteiger partial charge in [-0.25, -0.2) is 0 Å². The van der Waals surface area contributed by atoms with Gasteiger partial charge >= 0.3 is 0 Å². The fourth-order valence-corrected chi connectivity index (χ4v) is 2.29. The molecule has 20 heavy (non-hydrogen) atoms. The number of rotatable bonds is 4. The second-order valence-electron chi connectivity index (χ2n) is 5.20. The maximum atomic E-state index is 5.90. The molecule has 3 N–H and O–H groups in total. The highest BCUT2D eigenvalue weighted by Crippen LogP contribution is 2.20. The van der Waals surface area contributed by atoms with Crippen molar-refractivity contribution >= 4 is 35.6 Å². The van der Waals surface area contributed by atoms with Crippen molar-refractivity contribution in [1.29, 1.82) is 0 Å². The van der Waals surface area contributed by atoms with Gasteiger partial charge in [-0.2, -0.15) is 0 Å². The summed E-state index contributed by atoms with van der Waals surface area (Å²) in [4.78, 5) is 4.38. The van der Waals surface area contributed by atoms with Crippen molar-refractivity contribution < 1.29 is 0 Å². The molecule has 0 bridgehead atoms. The highest BCUT2D eigenvalue weighted by atomic mass is 127. The van der Waals surface area contributed by atoms with E-state index in [9.17, 15) is 0 Å². The molecular weight excluding hydrogens is 361 g/mol. The van der Waals surface area contributed by atoms with Crippen molar-refractivity contribution in [3.63, 3.8) is 0 Å². The molecule has 1 aromatic rings. The van der Waals surface area contributed by atoms with E-state index < -0.39 is 0 Å². The molecule has 1 aliphatic rings. The molecule has 0 unspecified atom stereocenters.